The Morgan fingerprint density at radius 3 is 2.64 bits per heavy atom. The third-order valence-corrected chi connectivity index (χ3v) is 1.97. The molecule has 0 amide bonds. The molecule has 0 aromatic rings. The summed E-state index contributed by atoms with van der Waals surface area (Å²) in [6.45, 7) is 5.71. The van der Waals surface area contributed by atoms with E-state index < -0.39 is 5.79 Å². The van der Waals surface area contributed by atoms with Crippen molar-refractivity contribution in [1.29, 1.82) is 0 Å². The molecule has 0 aromatic carbocycles. The number of Topliss-reactive ketones (excluding diaryl/α,β-unsaturated/α-hetero) is 1. The maximum Gasteiger partial charge on any atom is 0.225 e. The zero-order valence-corrected chi connectivity index (χ0v) is 7.22. The smallest absolute Gasteiger partial charge is 0.225 e. The van der Waals surface area contributed by atoms with Crippen LogP contribution in [0, 0.1) is 0 Å². The molecule has 0 spiro atoms. The Kier molecular flexibility index (Phi) is 2.30. The average molecular weight is 158 g/mol. The van der Waals surface area contributed by atoms with Crippen molar-refractivity contribution < 1.29 is 14.3 Å². The van der Waals surface area contributed by atoms with Crippen molar-refractivity contribution >= 4 is 5.78 Å². The zero-order valence-electron chi connectivity index (χ0n) is 7.22. The molecule has 0 radical (unpaired) electrons. The van der Waals surface area contributed by atoms with Crippen LogP contribution in [-0.4, -0.2) is 24.3 Å². The Balaban J connectivity index is 2.63. The second-order valence-corrected chi connectivity index (χ2v) is 3.07. The highest BCUT2D eigenvalue weighted by molar-refractivity contribution is 5.83. The van der Waals surface area contributed by atoms with Crippen LogP contribution in [0.15, 0.2) is 0 Å². The van der Waals surface area contributed by atoms with E-state index in [-0.39, 0.29) is 11.9 Å². The molecule has 2 atom stereocenters. The first-order chi connectivity index (χ1) is 5.04. The van der Waals surface area contributed by atoms with E-state index >= 15 is 0 Å². The minimum atomic E-state index is -0.988. The predicted molar refractivity (Wildman–Crippen MR) is 40.2 cm³/mol. The summed E-state index contributed by atoms with van der Waals surface area (Å²) in [5.41, 5.74) is 0. The van der Waals surface area contributed by atoms with Gasteiger partial charge in [0.15, 0.2) is 5.78 Å². The van der Waals surface area contributed by atoms with Gasteiger partial charge in [0.25, 0.3) is 0 Å². The molecule has 64 valence electrons. The van der Waals surface area contributed by atoms with E-state index in [4.69, 9.17) is 9.47 Å². The van der Waals surface area contributed by atoms with E-state index in [0.29, 0.717) is 6.61 Å². The molecule has 1 aliphatic rings. The Bertz CT molecular complexity index is 167. The van der Waals surface area contributed by atoms with E-state index in [1.54, 1.807) is 6.92 Å². The summed E-state index contributed by atoms with van der Waals surface area (Å²) in [6.07, 6.45) is 0.987. The van der Waals surface area contributed by atoms with Crippen LogP contribution in [0.25, 0.3) is 0 Å². The molecule has 1 saturated heterocycles. The van der Waals surface area contributed by atoms with Gasteiger partial charge in [0, 0.05) is 6.92 Å². The number of ketones is 1. The maximum atomic E-state index is 11.0. The number of carbonyl (C=O) groups excluding carboxylic acids is 1. The van der Waals surface area contributed by atoms with Crippen LogP contribution in [0.1, 0.15) is 27.2 Å². The summed E-state index contributed by atoms with van der Waals surface area (Å²) in [5, 5.41) is 0. The van der Waals surface area contributed by atoms with Crippen LogP contribution in [-0.2, 0) is 14.3 Å². The Morgan fingerprint density at radius 2 is 2.27 bits per heavy atom. The van der Waals surface area contributed by atoms with Gasteiger partial charge in [0.05, 0.1) is 12.7 Å². The minimum Gasteiger partial charge on any atom is -0.344 e. The lowest BCUT2D eigenvalue weighted by atomic mass is 10.1. The van der Waals surface area contributed by atoms with Crippen LogP contribution >= 0.6 is 0 Å². The fraction of sp³-hybridized carbons (Fsp3) is 0.875. The van der Waals surface area contributed by atoms with Crippen molar-refractivity contribution in [2.24, 2.45) is 0 Å². The number of ether oxygens (including phenoxy) is 2. The minimum absolute atomic E-state index is 0.0657. The molecule has 3 heteroatoms. The first-order valence-corrected chi connectivity index (χ1v) is 3.87. The molecule has 3 nitrogen and oxygen atoms in total. The van der Waals surface area contributed by atoms with Gasteiger partial charge in [0.1, 0.15) is 0 Å². The van der Waals surface area contributed by atoms with Crippen molar-refractivity contribution in [3.63, 3.8) is 0 Å². The molecule has 0 bridgehead atoms. The summed E-state index contributed by atoms with van der Waals surface area (Å²) in [6, 6.07) is 0. The molecule has 11 heavy (non-hydrogen) atoms. The molecule has 0 saturated carbocycles. The third-order valence-electron chi connectivity index (χ3n) is 1.97. The van der Waals surface area contributed by atoms with Crippen molar-refractivity contribution in [1.82, 2.24) is 0 Å². The molecule has 0 aliphatic carbocycles. The van der Waals surface area contributed by atoms with E-state index in [0.717, 1.165) is 6.42 Å². The standard InChI is InChI=1S/C8H14O3/c1-6-4-5-10-8(3,11-6)7(2)9/h6H,4-5H2,1-3H3/t6-,8+/m1/s1. The largest absolute Gasteiger partial charge is 0.344 e. The number of hydrogen-bond donors (Lipinski definition) is 0. The normalized spacial score (nSPS) is 38.6. The quantitative estimate of drug-likeness (QED) is 0.573. The van der Waals surface area contributed by atoms with Crippen molar-refractivity contribution in [2.45, 2.75) is 39.1 Å². The maximum absolute atomic E-state index is 11.0. The lowest BCUT2D eigenvalue weighted by Gasteiger charge is -2.35. The van der Waals surface area contributed by atoms with Crippen molar-refractivity contribution in [3.8, 4) is 0 Å². The van der Waals surface area contributed by atoms with E-state index in [1.807, 2.05) is 6.92 Å². The summed E-state index contributed by atoms with van der Waals surface area (Å²) in [5.74, 6) is -1.05. The number of hydrogen-bond acceptors (Lipinski definition) is 3. The Hall–Kier alpha value is -0.410. The van der Waals surface area contributed by atoms with E-state index in [9.17, 15) is 4.79 Å². The van der Waals surface area contributed by atoms with Gasteiger partial charge in [-0.3, -0.25) is 4.79 Å². The van der Waals surface area contributed by atoms with Crippen LogP contribution in [0.4, 0.5) is 0 Å². The molecule has 0 N–H and O–H groups in total. The molecule has 1 heterocycles. The summed E-state index contributed by atoms with van der Waals surface area (Å²) >= 11 is 0. The Morgan fingerprint density at radius 1 is 1.64 bits per heavy atom. The van der Waals surface area contributed by atoms with Gasteiger partial charge >= 0.3 is 0 Å². The molecular weight excluding hydrogens is 144 g/mol. The van der Waals surface area contributed by atoms with Crippen molar-refractivity contribution in [2.75, 3.05) is 6.61 Å². The monoisotopic (exact) mass is 158 g/mol. The number of rotatable bonds is 1. The molecule has 0 aromatic heterocycles. The van der Waals surface area contributed by atoms with E-state index in [2.05, 4.69) is 0 Å². The lowest BCUT2D eigenvalue weighted by molar-refractivity contribution is -0.263. The van der Waals surface area contributed by atoms with Gasteiger partial charge in [-0.1, -0.05) is 0 Å². The predicted octanol–water partition coefficient (Wildman–Crippen LogP) is 1.12. The molecule has 0 unspecified atom stereocenters. The van der Waals surface area contributed by atoms with Gasteiger partial charge in [-0.2, -0.15) is 0 Å². The summed E-state index contributed by atoms with van der Waals surface area (Å²) in [7, 11) is 0. The SMILES string of the molecule is CC(=O)[C@@]1(C)OCC[C@@H](C)O1. The lowest BCUT2D eigenvalue weighted by Crippen LogP contribution is -2.46. The van der Waals surface area contributed by atoms with Gasteiger partial charge in [-0.05, 0) is 20.3 Å². The van der Waals surface area contributed by atoms with Gasteiger partial charge in [0.2, 0.25) is 5.79 Å². The highest BCUT2D eigenvalue weighted by atomic mass is 16.7. The highest BCUT2D eigenvalue weighted by Crippen LogP contribution is 2.22. The highest BCUT2D eigenvalue weighted by Gasteiger charge is 2.36. The summed E-state index contributed by atoms with van der Waals surface area (Å²) in [4.78, 5) is 11.0. The first-order valence-electron chi connectivity index (χ1n) is 3.87. The van der Waals surface area contributed by atoms with Crippen molar-refractivity contribution in [3.05, 3.63) is 0 Å². The van der Waals surface area contributed by atoms with Crippen LogP contribution in [0.3, 0.4) is 0 Å². The van der Waals surface area contributed by atoms with Crippen LogP contribution in [0.2, 0.25) is 0 Å². The summed E-state index contributed by atoms with van der Waals surface area (Å²) < 4.78 is 10.6. The molecular formula is C8H14O3. The molecule has 1 fully saturated rings. The third kappa shape index (κ3) is 1.79. The average Bonchev–Trinajstić information content (AvgIpc) is 1.86. The number of carbonyl (C=O) groups is 1. The van der Waals surface area contributed by atoms with Gasteiger partial charge in [-0.25, -0.2) is 0 Å². The Labute approximate surface area is 66.7 Å². The molecule has 1 rings (SSSR count). The van der Waals surface area contributed by atoms with Gasteiger partial charge < -0.3 is 9.47 Å². The van der Waals surface area contributed by atoms with Gasteiger partial charge in [-0.15, -0.1) is 0 Å². The second kappa shape index (κ2) is 2.91. The van der Waals surface area contributed by atoms with Crippen LogP contribution in [0.5, 0.6) is 0 Å². The zero-order chi connectivity index (χ0) is 8.48. The van der Waals surface area contributed by atoms with E-state index in [1.165, 1.54) is 6.92 Å². The van der Waals surface area contributed by atoms with Crippen LogP contribution < -0.4 is 0 Å². The second-order valence-electron chi connectivity index (χ2n) is 3.07. The fourth-order valence-corrected chi connectivity index (χ4v) is 1.08. The topological polar surface area (TPSA) is 35.5 Å². The molecule has 1 aliphatic heterocycles. The fourth-order valence-electron chi connectivity index (χ4n) is 1.08. The first kappa shape index (κ1) is 8.68.